The molecule has 3 rings (SSSR count). The van der Waals surface area contributed by atoms with Gasteiger partial charge in [-0.15, -0.1) is 0 Å². The number of aliphatic hydroxyl groups is 1. The molecule has 6 nitrogen and oxygen atoms in total. The summed E-state index contributed by atoms with van der Waals surface area (Å²) in [6, 6.07) is 10.2. The molecule has 1 saturated heterocycles. The van der Waals surface area contributed by atoms with Crippen LogP contribution in [-0.2, 0) is 15.0 Å². The van der Waals surface area contributed by atoms with Crippen LogP contribution in [0.15, 0.2) is 48.0 Å². The molecule has 35 heavy (non-hydrogen) atoms. The van der Waals surface area contributed by atoms with E-state index < -0.39 is 23.5 Å². The van der Waals surface area contributed by atoms with E-state index in [1.807, 2.05) is 52.8 Å². The molecule has 0 bridgehead atoms. The van der Waals surface area contributed by atoms with Crippen LogP contribution in [0.3, 0.4) is 0 Å². The molecule has 0 saturated carbocycles. The minimum Gasteiger partial charge on any atom is -0.507 e. The highest BCUT2D eigenvalue weighted by atomic mass is 19.1. The van der Waals surface area contributed by atoms with Crippen LogP contribution in [0.5, 0.6) is 5.75 Å². The van der Waals surface area contributed by atoms with Gasteiger partial charge in [-0.1, -0.05) is 32.9 Å². The van der Waals surface area contributed by atoms with Gasteiger partial charge in [0.2, 0.25) is 0 Å². The van der Waals surface area contributed by atoms with E-state index in [9.17, 15) is 19.1 Å². The van der Waals surface area contributed by atoms with Crippen LogP contribution in [0.25, 0.3) is 5.76 Å². The number of hydrogen-bond acceptors (Lipinski definition) is 5. The van der Waals surface area contributed by atoms with E-state index in [2.05, 4.69) is 0 Å². The summed E-state index contributed by atoms with van der Waals surface area (Å²) in [5.74, 6) is -1.37. The van der Waals surface area contributed by atoms with E-state index in [0.717, 1.165) is 12.1 Å². The van der Waals surface area contributed by atoms with Crippen molar-refractivity contribution in [1.29, 1.82) is 0 Å². The van der Waals surface area contributed by atoms with Crippen LogP contribution in [0.2, 0.25) is 0 Å². The van der Waals surface area contributed by atoms with Crippen LogP contribution >= 0.6 is 0 Å². The summed E-state index contributed by atoms with van der Waals surface area (Å²) in [4.78, 5) is 29.8. The Morgan fingerprint density at radius 1 is 1.11 bits per heavy atom. The first-order valence-corrected chi connectivity index (χ1v) is 11.9. The maximum atomic E-state index is 13.7. The zero-order valence-corrected chi connectivity index (χ0v) is 21.4. The van der Waals surface area contributed by atoms with Gasteiger partial charge in [0, 0.05) is 17.7 Å². The number of likely N-dealkylation sites (tertiary alicyclic amines) is 1. The van der Waals surface area contributed by atoms with Crippen molar-refractivity contribution in [3.8, 4) is 5.75 Å². The van der Waals surface area contributed by atoms with Crippen molar-refractivity contribution in [2.45, 2.75) is 45.6 Å². The Balaban J connectivity index is 2.15. The van der Waals surface area contributed by atoms with E-state index in [-0.39, 0.29) is 16.7 Å². The van der Waals surface area contributed by atoms with Crippen LogP contribution in [0.1, 0.15) is 56.8 Å². The largest absolute Gasteiger partial charge is 0.507 e. The summed E-state index contributed by atoms with van der Waals surface area (Å²) in [5, 5.41) is 11.4. The van der Waals surface area contributed by atoms with Crippen molar-refractivity contribution in [1.82, 2.24) is 9.80 Å². The molecule has 1 atom stereocenters. The van der Waals surface area contributed by atoms with Crippen molar-refractivity contribution in [3.05, 3.63) is 70.5 Å². The summed E-state index contributed by atoms with van der Waals surface area (Å²) in [6.07, 6.45) is 0.648. The number of carbonyl (C=O) groups is 2. The monoisotopic (exact) mass is 482 g/mol. The molecule has 0 aliphatic carbocycles. The van der Waals surface area contributed by atoms with Crippen molar-refractivity contribution in [2.24, 2.45) is 0 Å². The normalized spacial score (nSPS) is 17.9. The molecule has 1 aliphatic rings. The lowest BCUT2D eigenvalue weighted by molar-refractivity contribution is -0.139. The summed E-state index contributed by atoms with van der Waals surface area (Å²) < 4.78 is 19.4. The van der Waals surface area contributed by atoms with Gasteiger partial charge in [0.05, 0.1) is 18.2 Å². The fraction of sp³-hybridized carbons (Fsp3) is 0.429. The lowest BCUT2D eigenvalue weighted by Gasteiger charge is -2.26. The second-order valence-electron chi connectivity index (χ2n) is 10.1. The van der Waals surface area contributed by atoms with E-state index in [1.165, 1.54) is 17.0 Å². The molecule has 2 aromatic carbocycles. The summed E-state index contributed by atoms with van der Waals surface area (Å²) >= 11 is 0. The Kier molecular flexibility index (Phi) is 8.00. The van der Waals surface area contributed by atoms with Crippen molar-refractivity contribution < 1.29 is 23.8 Å². The number of ether oxygens (including phenoxy) is 1. The smallest absolute Gasteiger partial charge is 0.295 e. The first kappa shape index (κ1) is 26.4. The second kappa shape index (κ2) is 10.6. The van der Waals surface area contributed by atoms with Gasteiger partial charge in [-0.3, -0.25) is 9.59 Å². The van der Waals surface area contributed by atoms with Gasteiger partial charge >= 0.3 is 0 Å². The number of carbonyl (C=O) groups excluding carboxylic acids is 2. The highest BCUT2D eigenvalue weighted by molar-refractivity contribution is 6.46. The van der Waals surface area contributed by atoms with Gasteiger partial charge in [0.25, 0.3) is 11.7 Å². The van der Waals surface area contributed by atoms with Gasteiger partial charge in [-0.2, -0.15) is 0 Å². The van der Waals surface area contributed by atoms with E-state index in [1.54, 1.807) is 24.3 Å². The topological polar surface area (TPSA) is 70.1 Å². The van der Waals surface area contributed by atoms with Crippen molar-refractivity contribution in [2.75, 3.05) is 33.8 Å². The zero-order valence-electron chi connectivity index (χ0n) is 21.4. The van der Waals surface area contributed by atoms with Crippen LogP contribution in [0, 0.1) is 5.82 Å². The van der Waals surface area contributed by atoms with Crippen molar-refractivity contribution >= 4 is 17.4 Å². The molecule has 1 amide bonds. The molecule has 1 fully saturated rings. The number of Topliss-reactive ketones (excluding diaryl/α,β-unsaturated/α-hetero) is 1. The van der Waals surface area contributed by atoms with Gasteiger partial charge in [-0.25, -0.2) is 4.39 Å². The number of aliphatic hydroxyl groups excluding tert-OH is 1. The fourth-order valence-electron chi connectivity index (χ4n) is 4.36. The number of halogens is 1. The van der Waals surface area contributed by atoms with E-state index in [0.29, 0.717) is 36.4 Å². The zero-order chi connectivity index (χ0) is 25.9. The first-order valence-electron chi connectivity index (χ1n) is 11.9. The molecular weight excluding hydrogens is 447 g/mol. The fourth-order valence-corrected chi connectivity index (χ4v) is 4.36. The molecule has 0 spiro atoms. The number of benzene rings is 2. The Morgan fingerprint density at radius 2 is 1.77 bits per heavy atom. The Labute approximate surface area is 207 Å². The molecule has 2 aromatic rings. The minimum atomic E-state index is -0.803. The standard InChI is InChI=1S/C28H35FN2O4/c1-7-35-22-14-11-19(17-21(22)28(2,3)4)25(32)23-24(18-9-12-20(29)13-10-18)31(27(34)26(23)33)16-8-15-30(5)6/h9-14,17,24,32H,7-8,15-16H2,1-6H3/b25-23-. The van der Waals surface area contributed by atoms with Crippen LogP contribution in [-0.4, -0.2) is 60.4 Å². The second-order valence-corrected chi connectivity index (χ2v) is 10.1. The number of hydrogen-bond donors (Lipinski definition) is 1. The number of amides is 1. The van der Waals surface area contributed by atoms with E-state index >= 15 is 0 Å². The average molecular weight is 483 g/mol. The molecule has 1 N–H and O–H groups in total. The molecule has 7 heteroatoms. The van der Waals surface area contributed by atoms with Gasteiger partial charge in [0.15, 0.2) is 0 Å². The average Bonchev–Trinajstić information content (AvgIpc) is 3.03. The third-order valence-electron chi connectivity index (χ3n) is 6.09. The predicted molar refractivity (Wildman–Crippen MR) is 135 cm³/mol. The summed E-state index contributed by atoms with van der Waals surface area (Å²) in [7, 11) is 3.87. The lowest BCUT2D eigenvalue weighted by Crippen LogP contribution is -2.32. The maximum absolute atomic E-state index is 13.7. The third-order valence-corrected chi connectivity index (χ3v) is 6.09. The Hall–Kier alpha value is -3.19. The molecule has 1 aliphatic heterocycles. The van der Waals surface area contributed by atoms with E-state index in [4.69, 9.17) is 4.74 Å². The molecular formula is C28H35FN2O4. The molecule has 188 valence electrons. The third kappa shape index (κ3) is 5.73. The van der Waals surface area contributed by atoms with Crippen LogP contribution < -0.4 is 4.74 Å². The quantitative estimate of drug-likeness (QED) is 0.329. The Bertz CT molecular complexity index is 1120. The molecule has 0 radical (unpaired) electrons. The van der Waals surface area contributed by atoms with Crippen LogP contribution in [0.4, 0.5) is 4.39 Å². The molecule has 1 unspecified atom stereocenters. The number of nitrogens with zero attached hydrogens (tertiary/aromatic N) is 2. The van der Waals surface area contributed by atoms with Crippen molar-refractivity contribution in [3.63, 3.8) is 0 Å². The minimum absolute atomic E-state index is 0.00970. The summed E-state index contributed by atoms with van der Waals surface area (Å²) in [6.45, 7) is 9.58. The number of ketones is 1. The Morgan fingerprint density at radius 3 is 2.34 bits per heavy atom. The van der Waals surface area contributed by atoms with Gasteiger partial charge < -0.3 is 19.6 Å². The highest BCUT2D eigenvalue weighted by Gasteiger charge is 2.45. The van der Waals surface area contributed by atoms with Gasteiger partial charge in [0.1, 0.15) is 17.3 Å². The predicted octanol–water partition coefficient (Wildman–Crippen LogP) is 4.90. The highest BCUT2D eigenvalue weighted by Crippen LogP contribution is 2.41. The first-order chi connectivity index (χ1) is 16.5. The molecule has 0 aromatic heterocycles. The maximum Gasteiger partial charge on any atom is 0.295 e. The number of rotatable bonds is 8. The van der Waals surface area contributed by atoms with Gasteiger partial charge in [-0.05, 0) is 75.3 Å². The SMILES string of the molecule is CCOc1ccc(/C(O)=C2/C(=O)C(=O)N(CCCN(C)C)C2c2ccc(F)cc2)cc1C(C)(C)C. The lowest BCUT2D eigenvalue weighted by atomic mass is 9.84. The molecule has 1 heterocycles. The summed E-state index contributed by atoms with van der Waals surface area (Å²) in [5.41, 5.74) is 1.60.